The zero-order valence-electron chi connectivity index (χ0n) is 13.3. The summed E-state index contributed by atoms with van der Waals surface area (Å²) in [5, 5.41) is 6.65. The molecule has 2 aromatic carbocycles. The number of nitrogens with one attached hydrogen (secondary N) is 2. The highest BCUT2D eigenvalue weighted by molar-refractivity contribution is 5.80. The van der Waals surface area contributed by atoms with Crippen LogP contribution in [0.15, 0.2) is 59.6 Å². The molecule has 0 spiro atoms. The lowest BCUT2D eigenvalue weighted by molar-refractivity contribution is 0.106. The molecule has 2 aromatic rings. The van der Waals surface area contributed by atoms with Gasteiger partial charge in [0, 0.05) is 19.6 Å². The standard InChI is InChI=1S/C19H23N3O/c1-2-7-16(8-3-1)14-23-15-18-10-5-4-9-17(18)13-22-19-20-11-6-12-21-19/h1-5,7-10H,6,11-15H2,(H2,20,21,22). The summed E-state index contributed by atoms with van der Waals surface area (Å²) < 4.78 is 5.86. The number of aliphatic imine (C=N–C) groups is 1. The van der Waals surface area contributed by atoms with E-state index in [-0.39, 0.29) is 0 Å². The summed E-state index contributed by atoms with van der Waals surface area (Å²) in [6.45, 7) is 3.91. The van der Waals surface area contributed by atoms with Crippen LogP contribution in [-0.4, -0.2) is 19.0 Å². The van der Waals surface area contributed by atoms with Crippen LogP contribution in [0.5, 0.6) is 0 Å². The van der Waals surface area contributed by atoms with Crippen molar-refractivity contribution in [2.24, 2.45) is 4.99 Å². The van der Waals surface area contributed by atoms with Crippen LogP contribution in [0.1, 0.15) is 23.1 Å². The van der Waals surface area contributed by atoms with Crippen molar-refractivity contribution in [3.05, 3.63) is 71.3 Å². The van der Waals surface area contributed by atoms with Crippen molar-refractivity contribution in [2.45, 2.75) is 26.2 Å². The fourth-order valence-electron chi connectivity index (χ4n) is 2.55. The van der Waals surface area contributed by atoms with E-state index in [4.69, 9.17) is 4.74 Å². The Labute approximate surface area is 137 Å². The predicted octanol–water partition coefficient (Wildman–Crippen LogP) is 2.84. The van der Waals surface area contributed by atoms with Crippen molar-refractivity contribution in [1.82, 2.24) is 10.6 Å². The normalized spacial score (nSPS) is 14.0. The summed E-state index contributed by atoms with van der Waals surface area (Å²) >= 11 is 0. The molecule has 1 aliphatic rings. The number of rotatable bonds is 6. The fraction of sp³-hybridized carbons (Fsp3) is 0.316. The van der Waals surface area contributed by atoms with E-state index in [2.05, 4.69) is 52.0 Å². The molecule has 0 radical (unpaired) electrons. The molecular weight excluding hydrogens is 286 g/mol. The second kappa shape index (κ2) is 8.34. The summed E-state index contributed by atoms with van der Waals surface area (Å²) in [5.41, 5.74) is 3.66. The lowest BCUT2D eigenvalue weighted by Crippen LogP contribution is -2.40. The van der Waals surface area contributed by atoms with Crippen LogP contribution in [0.2, 0.25) is 0 Å². The Morgan fingerprint density at radius 3 is 2.52 bits per heavy atom. The van der Waals surface area contributed by atoms with Gasteiger partial charge in [0.05, 0.1) is 13.2 Å². The van der Waals surface area contributed by atoms with E-state index in [1.165, 1.54) is 16.7 Å². The summed E-state index contributed by atoms with van der Waals surface area (Å²) in [4.78, 5) is 4.44. The van der Waals surface area contributed by atoms with Crippen LogP contribution < -0.4 is 10.6 Å². The smallest absolute Gasteiger partial charge is 0.191 e. The van der Waals surface area contributed by atoms with Gasteiger partial charge in [-0.05, 0) is 23.1 Å². The van der Waals surface area contributed by atoms with Gasteiger partial charge < -0.3 is 15.4 Å². The molecule has 0 fully saturated rings. The first-order valence-corrected chi connectivity index (χ1v) is 8.12. The third kappa shape index (κ3) is 4.83. The monoisotopic (exact) mass is 309 g/mol. The van der Waals surface area contributed by atoms with Gasteiger partial charge in [0.25, 0.3) is 0 Å². The second-order valence-electron chi connectivity index (χ2n) is 5.61. The average molecular weight is 309 g/mol. The second-order valence-corrected chi connectivity index (χ2v) is 5.61. The topological polar surface area (TPSA) is 45.6 Å². The summed E-state index contributed by atoms with van der Waals surface area (Å²) in [6, 6.07) is 18.6. The quantitative estimate of drug-likeness (QED) is 0.862. The van der Waals surface area contributed by atoms with Gasteiger partial charge in [0.2, 0.25) is 0 Å². The third-order valence-electron chi connectivity index (χ3n) is 3.83. The van der Waals surface area contributed by atoms with Crippen molar-refractivity contribution < 1.29 is 4.74 Å². The van der Waals surface area contributed by atoms with E-state index in [0.29, 0.717) is 13.2 Å². The molecule has 120 valence electrons. The number of guanidine groups is 1. The van der Waals surface area contributed by atoms with Crippen LogP contribution in [0.25, 0.3) is 0 Å². The first-order valence-electron chi connectivity index (χ1n) is 8.12. The van der Waals surface area contributed by atoms with Gasteiger partial charge in [0.15, 0.2) is 5.96 Å². The van der Waals surface area contributed by atoms with E-state index in [9.17, 15) is 0 Å². The Kier molecular flexibility index (Phi) is 5.64. The number of nitrogens with zero attached hydrogens (tertiary/aromatic N) is 1. The number of benzene rings is 2. The Morgan fingerprint density at radius 2 is 1.74 bits per heavy atom. The van der Waals surface area contributed by atoms with Gasteiger partial charge in [-0.3, -0.25) is 4.99 Å². The minimum absolute atomic E-state index is 0.618. The van der Waals surface area contributed by atoms with Gasteiger partial charge in [-0.2, -0.15) is 0 Å². The highest BCUT2D eigenvalue weighted by atomic mass is 16.5. The van der Waals surface area contributed by atoms with Crippen LogP contribution in [0, 0.1) is 0 Å². The van der Waals surface area contributed by atoms with Crippen LogP contribution in [-0.2, 0) is 24.5 Å². The van der Waals surface area contributed by atoms with E-state index < -0.39 is 0 Å². The maximum Gasteiger partial charge on any atom is 0.191 e. The fourth-order valence-corrected chi connectivity index (χ4v) is 2.55. The van der Waals surface area contributed by atoms with Crippen molar-refractivity contribution in [1.29, 1.82) is 0 Å². The highest BCUT2D eigenvalue weighted by Gasteiger charge is 2.06. The van der Waals surface area contributed by atoms with Crippen molar-refractivity contribution >= 4 is 5.96 Å². The zero-order valence-corrected chi connectivity index (χ0v) is 13.3. The van der Waals surface area contributed by atoms with Crippen LogP contribution >= 0.6 is 0 Å². The Bertz CT molecular complexity index is 640. The minimum Gasteiger partial charge on any atom is -0.372 e. The molecule has 0 atom stereocenters. The van der Waals surface area contributed by atoms with E-state index in [1.807, 2.05) is 18.2 Å². The Balaban J connectivity index is 1.53. The molecule has 4 heteroatoms. The molecule has 1 heterocycles. The highest BCUT2D eigenvalue weighted by Crippen LogP contribution is 2.11. The molecular formula is C19H23N3O. The molecule has 23 heavy (non-hydrogen) atoms. The molecule has 0 amide bonds. The van der Waals surface area contributed by atoms with Gasteiger partial charge in [-0.15, -0.1) is 0 Å². The van der Waals surface area contributed by atoms with Gasteiger partial charge in [-0.1, -0.05) is 54.6 Å². The van der Waals surface area contributed by atoms with E-state index in [0.717, 1.165) is 32.0 Å². The van der Waals surface area contributed by atoms with E-state index in [1.54, 1.807) is 0 Å². The van der Waals surface area contributed by atoms with Crippen molar-refractivity contribution in [2.75, 3.05) is 13.1 Å². The molecule has 0 unspecified atom stereocenters. The number of hydrogen-bond acceptors (Lipinski definition) is 4. The molecule has 0 saturated heterocycles. The maximum absolute atomic E-state index is 5.86. The summed E-state index contributed by atoms with van der Waals surface area (Å²) in [5.74, 6) is 0.899. The number of ether oxygens (including phenoxy) is 1. The SMILES string of the molecule is c1ccc(COCc2ccccc2CNC2=NCCCN2)cc1. The van der Waals surface area contributed by atoms with Gasteiger partial charge in [0.1, 0.15) is 0 Å². The minimum atomic E-state index is 0.618. The Morgan fingerprint density at radius 1 is 0.957 bits per heavy atom. The largest absolute Gasteiger partial charge is 0.372 e. The van der Waals surface area contributed by atoms with E-state index >= 15 is 0 Å². The lowest BCUT2D eigenvalue weighted by Gasteiger charge is -2.17. The summed E-state index contributed by atoms with van der Waals surface area (Å²) in [7, 11) is 0. The molecule has 3 rings (SSSR count). The van der Waals surface area contributed by atoms with Crippen LogP contribution in [0.4, 0.5) is 0 Å². The Hall–Kier alpha value is -2.33. The van der Waals surface area contributed by atoms with Crippen molar-refractivity contribution in [3.63, 3.8) is 0 Å². The average Bonchev–Trinajstić information content (AvgIpc) is 2.63. The third-order valence-corrected chi connectivity index (χ3v) is 3.83. The lowest BCUT2D eigenvalue weighted by atomic mass is 10.1. The number of hydrogen-bond donors (Lipinski definition) is 2. The predicted molar refractivity (Wildman–Crippen MR) is 93.1 cm³/mol. The maximum atomic E-state index is 5.86. The van der Waals surface area contributed by atoms with Gasteiger partial charge >= 0.3 is 0 Å². The van der Waals surface area contributed by atoms with Crippen molar-refractivity contribution in [3.8, 4) is 0 Å². The molecule has 2 N–H and O–H groups in total. The molecule has 0 aromatic heterocycles. The molecule has 0 aliphatic carbocycles. The summed E-state index contributed by atoms with van der Waals surface area (Å²) in [6.07, 6.45) is 1.11. The first kappa shape index (κ1) is 15.6. The van der Waals surface area contributed by atoms with Gasteiger partial charge in [-0.25, -0.2) is 0 Å². The molecule has 4 nitrogen and oxygen atoms in total. The molecule has 0 saturated carbocycles. The first-order chi connectivity index (χ1) is 11.4. The zero-order chi connectivity index (χ0) is 15.7. The van der Waals surface area contributed by atoms with Crippen LogP contribution in [0.3, 0.4) is 0 Å². The molecule has 0 bridgehead atoms. The molecule has 1 aliphatic heterocycles.